The van der Waals surface area contributed by atoms with Crippen LogP contribution in [-0.2, 0) is 0 Å². The molecule has 0 atom stereocenters. The Balaban J connectivity index is 1.76. The van der Waals surface area contributed by atoms with E-state index in [1.807, 2.05) is 54.6 Å². The van der Waals surface area contributed by atoms with Gasteiger partial charge in [-0.2, -0.15) is 0 Å². The molecule has 3 nitrogen and oxygen atoms in total. The van der Waals surface area contributed by atoms with Crippen molar-refractivity contribution in [3.63, 3.8) is 0 Å². The fourth-order valence-corrected chi connectivity index (χ4v) is 1.97. The van der Waals surface area contributed by atoms with Crippen molar-refractivity contribution in [3.8, 4) is 5.75 Å². The lowest BCUT2D eigenvalue weighted by Crippen LogP contribution is -2.28. The van der Waals surface area contributed by atoms with Crippen molar-refractivity contribution in [3.05, 3.63) is 65.7 Å². The SMILES string of the molecule is CC(C)c1ccc(C(=O)NCCOc2ccccc2)cc1. The van der Waals surface area contributed by atoms with Gasteiger partial charge in [0.05, 0.1) is 6.54 Å². The van der Waals surface area contributed by atoms with Crippen LogP contribution in [-0.4, -0.2) is 19.1 Å². The molecule has 0 aliphatic heterocycles. The van der Waals surface area contributed by atoms with E-state index in [-0.39, 0.29) is 5.91 Å². The Labute approximate surface area is 126 Å². The van der Waals surface area contributed by atoms with Crippen molar-refractivity contribution < 1.29 is 9.53 Å². The maximum absolute atomic E-state index is 12.0. The summed E-state index contributed by atoms with van der Waals surface area (Å²) in [5.74, 6) is 1.22. The zero-order chi connectivity index (χ0) is 15.1. The Morgan fingerprint density at radius 2 is 1.71 bits per heavy atom. The first-order valence-electron chi connectivity index (χ1n) is 7.23. The highest BCUT2D eigenvalue weighted by Gasteiger charge is 2.05. The van der Waals surface area contributed by atoms with E-state index in [0.717, 1.165) is 5.75 Å². The zero-order valence-corrected chi connectivity index (χ0v) is 12.5. The van der Waals surface area contributed by atoms with Crippen LogP contribution in [0.4, 0.5) is 0 Å². The molecule has 0 spiro atoms. The molecule has 0 bridgehead atoms. The van der Waals surface area contributed by atoms with Gasteiger partial charge in [-0.25, -0.2) is 0 Å². The summed E-state index contributed by atoms with van der Waals surface area (Å²) in [5.41, 5.74) is 1.91. The second kappa shape index (κ2) is 7.48. The molecule has 2 aromatic carbocycles. The number of rotatable bonds is 6. The molecule has 0 unspecified atom stereocenters. The first-order valence-corrected chi connectivity index (χ1v) is 7.23. The molecule has 0 radical (unpaired) electrons. The summed E-state index contributed by atoms with van der Waals surface area (Å²) < 4.78 is 5.53. The van der Waals surface area contributed by atoms with Crippen LogP contribution in [0.2, 0.25) is 0 Å². The molecule has 0 fully saturated rings. The van der Waals surface area contributed by atoms with Gasteiger partial charge in [0.1, 0.15) is 12.4 Å². The molecule has 2 aromatic rings. The van der Waals surface area contributed by atoms with E-state index < -0.39 is 0 Å². The van der Waals surface area contributed by atoms with Gasteiger partial charge in [-0.3, -0.25) is 4.79 Å². The van der Waals surface area contributed by atoms with Crippen molar-refractivity contribution in [1.82, 2.24) is 5.32 Å². The highest BCUT2D eigenvalue weighted by Crippen LogP contribution is 2.14. The lowest BCUT2D eigenvalue weighted by molar-refractivity contribution is 0.0947. The van der Waals surface area contributed by atoms with Gasteiger partial charge in [-0.15, -0.1) is 0 Å². The first kappa shape index (κ1) is 15.1. The average molecular weight is 283 g/mol. The third kappa shape index (κ3) is 4.63. The van der Waals surface area contributed by atoms with Crippen LogP contribution in [0, 0.1) is 0 Å². The third-order valence-electron chi connectivity index (χ3n) is 3.24. The van der Waals surface area contributed by atoms with E-state index >= 15 is 0 Å². The molecule has 2 rings (SSSR count). The van der Waals surface area contributed by atoms with E-state index in [0.29, 0.717) is 24.6 Å². The molecular formula is C18H21NO2. The average Bonchev–Trinajstić information content (AvgIpc) is 2.52. The molecule has 110 valence electrons. The number of carbonyl (C=O) groups is 1. The van der Waals surface area contributed by atoms with Gasteiger partial charge in [0.15, 0.2) is 0 Å². The number of nitrogens with one attached hydrogen (secondary N) is 1. The first-order chi connectivity index (χ1) is 10.2. The molecule has 0 aliphatic rings. The van der Waals surface area contributed by atoms with Crippen molar-refractivity contribution in [2.75, 3.05) is 13.2 Å². The molecule has 3 heteroatoms. The second-order valence-electron chi connectivity index (χ2n) is 5.19. The summed E-state index contributed by atoms with van der Waals surface area (Å²) in [7, 11) is 0. The number of ether oxygens (including phenoxy) is 1. The van der Waals surface area contributed by atoms with Gasteiger partial charge in [-0.1, -0.05) is 44.2 Å². The lowest BCUT2D eigenvalue weighted by atomic mass is 10.0. The van der Waals surface area contributed by atoms with Crippen molar-refractivity contribution >= 4 is 5.91 Å². The quantitative estimate of drug-likeness (QED) is 0.822. The van der Waals surface area contributed by atoms with Crippen molar-refractivity contribution in [1.29, 1.82) is 0 Å². The Morgan fingerprint density at radius 3 is 2.33 bits per heavy atom. The molecule has 1 amide bonds. The monoisotopic (exact) mass is 283 g/mol. The molecule has 0 saturated heterocycles. The third-order valence-corrected chi connectivity index (χ3v) is 3.24. The lowest BCUT2D eigenvalue weighted by Gasteiger charge is -2.09. The predicted octanol–water partition coefficient (Wildman–Crippen LogP) is 3.62. The molecule has 0 aliphatic carbocycles. The van der Waals surface area contributed by atoms with E-state index in [4.69, 9.17) is 4.74 Å². The molecule has 0 heterocycles. The topological polar surface area (TPSA) is 38.3 Å². The van der Waals surface area contributed by atoms with Crippen LogP contribution in [0.5, 0.6) is 5.75 Å². The van der Waals surface area contributed by atoms with Gasteiger partial charge in [-0.05, 0) is 35.7 Å². The molecule has 0 aromatic heterocycles. The van der Waals surface area contributed by atoms with Crippen LogP contribution in [0.3, 0.4) is 0 Å². The molecule has 21 heavy (non-hydrogen) atoms. The number of hydrogen-bond acceptors (Lipinski definition) is 2. The van der Waals surface area contributed by atoms with Crippen LogP contribution in [0.25, 0.3) is 0 Å². The van der Waals surface area contributed by atoms with Gasteiger partial charge >= 0.3 is 0 Å². The summed E-state index contributed by atoms with van der Waals surface area (Å²) in [6.45, 7) is 5.21. The van der Waals surface area contributed by atoms with Crippen LogP contribution in [0.15, 0.2) is 54.6 Å². The maximum atomic E-state index is 12.0. The standard InChI is InChI=1S/C18H21NO2/c1-14(2)15-8-10-16(11-9-15)18(20)19-12-13-21-17-6-4-3-5-7-17/h3-11,14H,12-13H2,1-2H3,(H,19,20). The Hall–Kier alpha value is -2.29. The van der Waals surface area contributed by atoms with Crippen molar-refractivity contribution in [2.24, 2.45) is 0 Å². The number of amides is 1. The molecular weight excluding hydrogens is 262 g/mol. The van der Waals surface area contributed by atoms with Gasteiger partial charge in [0.2, 0.25) is 0 Å². The smallest absolute Gasteiger partial charge is 0.251 e. The largest absolute Gasteiger partial charge is 0.492 e. The maximum Gasteiger partial charge on any atom is 0.251 e. The number of benzene rings is 2. The highest BCUT2D eigenvalue weighted by atomic mass is 16.5. The Kier molecular flexibility index (Phi) is 5.38. The van der Waals surface area contributed by atoms with Crippen LogP contribution < -0.4 is 10.1 Å². The predicted molar refractivity (Wildman–Crippen MR) is 84.8 cm³/mol. The highest BCUT2D eigenvalue weighted by molar-refractivity contribution is 5.94. The Morgan fingerprint density at radius 1 is 1.05 bits per heavy atom. The van der Waals surface area contributed by atoms with E-state index in [2.05, 4.69) is 19.2 Å². The summed E-state index contributed by atoms with van der Waals surface area (Å²) in [5, 5.41) is 2.85. The zero-order valence-electron chi connectivity index (χ0n) is 12.5. The van der Waals surface area contributed by atoms with Gasteiger partial charge < -0.3 is 10.1 Å². The summed E-state index contributed by atoms with van der Waals surface area (Å²) in [6.07, 6.45) is 0. The minimum atomic E-state index is -0.0676. The number of carbonyl (C=O) groups excluding carboxylic acids is 1. The van der Waals surface area contributed by atoms with Gasteiger partial charge in [0.25, 0.3) is 5.91 Å². The summed E-state index contributed by atoms with van der Waals surface area (Å²) in [6, 6.07) is 17.3. The fourth-order valence-electron chi connectivity index (χ4n) is 1.97. The van der Waals surface area contributed by atoms with Crippen LogP contribution >= 0.6 is 0 Å². The normalized spacial score (nSPS) is 10.4. The van der Waals surface area contributed by atoms with E-state index in [1.165, 1.54) is 5.56 Å². The summed E-state index contributed by atoms with van der Waals surface area (Å²) in [4.78, 5) is 12.0. The molecule has 1 N–H and O–H groups in total. The number of hydrogen-bond donors (Lipinski definition) is 1. The van der Waals surface area contributed by atoms with E-state index in [1.54, 1.807) is 0 Å². The summed E-state index contributed by atoms with van der Waals surface area (Å²) >= 11 is 0. The Bertz CT molecular complexity index is 562. The number of para-hydroxylation sites is 1. The van der Waals surface area contributed by atoms with Crippen LogP contribution in [0.1, 0.15) is 35.7 Å². The molecule has 0 saturated carbocycles. The second-order valence-corrected chi connectivity index (χ2v) is 5.19. The van der Waals surface area contributed by atoms with E-state index in [9.17, 15) is 4.79 Å². The fraction of sp³-hybridized carbons (Fsp3) is 0.278. The van der Waals surface area contributed by atoms with Crippen molar-refractivity contribution in [2.45, 2.75) is 19.8 Å². The van der Waals surface area contributed by atoms with Gasteiger partial charge in [0, 0.05) is 5.56 Å². The minimum Gasteiger partial charge on any atom is -0.492 e. The minimum absolute atomic E-state index is 0.0676.